The first-order valence-corrected chi connectivity index (χ1v) is 34.1. The molecule has 0 saturated carbocycles. The minimum atomic E-state index is -0.477. The maximum atomic E-state index is 12.1. The third-order valence-corrected chi connectivity index (χ3v) is 15.0. The predicted octanol–water partition coefficient (Wildman–Crippen LogP) is 14.1. The van der Waals surface area contributed by atoms with E-state index in [-0.39, 0.29) is 98.6 Å². The molecule has 0 bridgehead atoms. The van der Waals surface area contributed by atoms with Crippen LogP contribution in [0.1, 0.15) is 298 Å². The van der Waals surface area contributed by atoms with Gasteiger partial charge in [0.2, 0.25) is 0 Å². The van der Waals surface area contributed by atoms with Crippen molar-refractivity contribution in [2.24, 2.45) is 11.3 Å². The van der Waals surface area contributed by atoms with Crippen LogP contribution < -0.4 is 0 Å². The van der Waals surface area contributed by atoms with Gasteiger partial charge in [-0.05, 0) is 206 Å². The molecule has 0 radical (unpaired) electrons. The summed E-state index contributed by atoms with van der Waals surface area (Å²) < 4.78 is 53.1. The van der Waals surface area contributed by atoms with Crippen LogP contribution in [0.5, 0.6) is 0 Å². The molecule has 1 unspecified atom stereocenters. The normalized spacial score (nSPS) is 11.5. The molecule has 88 heavy (non-hydrogen) atoms. The van der Waals surface area contributed by atoms with E-state index in [9.17, 15) is 47.9 Å². The number of hydrogen-bond donors (Lipinski definition) is 0. The van der Waals surface area contributed by atoms with Gasteiger partial charge in [-0.3, -0.25) is 47.9 Å². The van der Waals surface area contributed by atoms with Crippen LogP contribution in [0.15, 0.2) is 0 Å². The van der Waals surface area contributed by atoms with Crippen LogP contribution in [0, 0.1) is 11.3 Å². The summed E-state index contributed by atoms with van der Waals surface area (Å²) in [6, 6.07) is 0. The van der Waals surface area contributed by atoms with Gasteiger partial charge >= 0.3 is 59.7 Å². The monoisotopic (exact) mass is 1250 g/mol. The zero-order valence-corrected chi connectivity index (χ0v) is 55.3. The molecule has 0 aromatic carbocycles. The molecule has 0 aromatic heterocycles. The first-order valence-electron chi connectivity index (χ1n) is 34.1. The highest BCUT2D eigenvalue weighted by molar-refractivity contribution is 5.76. The van der Waals surface area contributed by atoms with Crippen molar-refractivity contribution in [3.63, 3.8) is 0 Å². The highest BCUT2D eigenvalue weighted by atomic mass is 16.6. The number of esters is 10. The Labute approximate surface area is 528 Å². The van der Waals surface area contributed by atoms with Gasteiger partial charge in [0.05, 0.1) is 71.5 Å². The second kappa shape index (κ2) is 59.3. The standard InChI is InChI=1S/C68H118O20/c1-6-9-37-57(7-2)56-88-66(77)46-27-17-35-54-86-64(75)44-25-15-33-52-84-62(73)42-23-13-31-50-82-60(71)40-21-11-29-48-80-58(69)38-19-10-28-47-79-59(70)39-20-12-30-49-81-61(72)41-22-14-32-51-83-63(74)43-24-16-34-53-85-65(76)45-26-18-36-55-87-67(78)68(4,5)8-3/h57H,6-56H2,1-5H3. The van der Waals surface area contributed by atoms with Gasteiger partial charge in [-0.25, -0.2) is 0 Å². The molecule has 20 heteroatoms. The fraction of sp³-hybridized carbons (Fsp3) is 0.853. The summed E-state index contributed by atoms with van der Waals surface area (Å²) >= 11 is 0. The second-order valence-corrected chi connectivity index (χ2v) is 23.5. The minimum absolute atomic E-state index is 0.155. The van der Waals surface area contributed by atoms with Gasteiger partial charge < -0.3 is 47.4 Å². The highest BCUT2D eigenvalue weighted by Crippen LogP contribution is 2.22. The predicted molar refractivity (Wildman–Crippen MR) is 333 cm³/mol. The lowest BCUT2D eigenvalue weighted by atomic mass is 9.91. The molecule has 0 aliphatic carbocycles. The Morgan fingerprint density at radius 3 is 0.659 bits per heavy atom. The van der Waals surface area contributed by atoms with E-state index in [1.54, 1.807) is 0 Å². The Morgan fingerprint density at radius 2 is 0.466 bits per heavy atom. The third kappa shape index (κ3) is 56.0. The average Bonchev–Trinajstić information content (AvgIpc) is 3.51. The maximum Gasteiger partial charge on any atom is 0.311 e. The van der Waals surface area contributed by atoms with Gasteiger partial charge in [-0.1, -0.05) is 40.0 Å². The topological polar surface area (TPSA) is 263 Å². The zero-order chi connectivity index (χ0) is 65.0. The Bertz CT molecular complexity index is 1850. The number of rotatable bonds is 62. The van der Waals surface area contributed by atoms with Crippen molar-refractivity contribution >= 4 is 59.7 Å². The van der Waals surface area contributed by atoms with Gasteiger partial charge in [0.15, 0.2) is 0 Å². The van der Waals surface area contributed by atoms with Gasteiger partial charge in [-0.2, -0.15) is 0 Å². The Kier molecular flexibility index (Phi) is 55.8. The van der Waals surface area contributed by atoms with Gasteiger partial charge in [-0.15, -0.1) is 0 Å². The summed E-state index contributed by atoms with van der Waals surface area (Å²) in [5, 5.41) is 0. The van der Waals surface area contributed by atoms with E-state index >= 15 is 0 Å². The van der Waals surface area contributed by atoms with Crippen LogP contribution in [0.2, 0.25) is 0 Å². The number of carbonyl (C=O) groups is 10. The summed E-state index contributed by atoms with van der Waals surface area (Å²) in [5.74, 6) is -2.03. The quantitative estimate of drug-likeness (QED) is 0.0311. The first-order chi connectivity index (χ1) is 42.5. The lowest BCUT2D eigenvalue weighted by Crippen LogP contribution is -2.26. The van der Waals surface area contributed by atoms with E-state index in [1.165, 1.54) is 0 Å². The fourth-order valence-electron chi connectivity index (χ4n) is 8.68. The molecule has 0 heterocycles. The van der Waals surface area contributed by atoms with Crippen molar-refractivity contribution < 1.29 is 95.3 Å². The molecule has 0 saturated heterocycles. The van der Waals surface area contributed by atoms with Crippen molar-refractivity contribution in [1.29, 1.82) is 0 Å². The third-order valence-electron chi connectivity index (χ3n) is 15.0. The Hall–Kier alpha value is -5.30. The summed E-state index contributed by atoms with van der Waals surface area (Å²) in [5.41, 5.74) is -0.477. The molecule has 0 aromatic rings. The first kappa shape index (κ1) is 82.7. The molecule has 510 valence electrons. The zero-order valence-electron chi connectivity index (χ0n) is 55.3. The minimum Gasteiger partial charge on any atom is -0.466 e. The smallest absolute Gasteiger partial charge is 0.311 e. The molecule has 0 aliphatic rings. The fourth-order valence-corrected chi connectivity index (χ4v) is 8.68. The molecular weight excluding hydrogens is 1140 g/mol. The number of unbranched alkanes of at least 4 members (excludes halogenated alkanes) is 19. The van der Waals surface area contributed by atoms with E-state index < -0.39 is 5.41 Å². The van der Waals surface area contributed by atoms with Crippen LogP contribution in [0.4, 0.5) is 0 Å². The largest absolute Gasteiger partial charge is 0.466 e. The van der Waals surface area contributed by atoms with E-state index in [1.807, 2.05) is 20.8 Å². The molecule has 0 N–H and O–H groups in total. The van der Waals surface area contributed by atoms with Crippen molar-refractivity contribution in [2.45, 2.75) is 298 Å². The maximum absolute atomic E-state index is 12.1. The van der Waals surface area contributed by atoms with Crippen molar-refractivity contribution in [1.82, 2.24) is 0 Å². The molecule has 0 spiro atoms. The van der Waals surface area contributed by atoms with E-state index in [2.05, 4.69) is 13.8 Å². The number of carbonyl (C=O) groups excluding carboxylic acids is 10. The average molecular weight is 1260 g/mol. The molecule has 0 rings (SSSR count). The molecular formula is C68H118O20. The summed E-state index contributed by atoms with van der Waals surface area (Å²) in [4.78, 5) is 120. The number of hydrogen-bond acceptors (Lipinski definition) is 20. The van der Waals surface area contributed by atoms with Crippen LogP contribution in [-0.2, 0) is 95.3 Å². The van der Waals surface area contributed by atoms with Crippen molar-refractivity contribution in [2.75, 3.05) is 66.1 Å². The highest BCUT2D eigenvalue weighted by Gasteiger charge is 2.27. The molecule has 1 atom stereocenters. The summed E-state index contributed by atoms with van der Waals surface area (Å²) in [6.07, 6.45) is 26.5. The van der Waals surface area contributed by atoms with Crippen molar-refractivity contribution in [3.8, 4) is 0 Å². The van der Waals surface area contributed by atoms with E-state index in [0.29, 0.717) is 206 Å². The van der Waals surface area contributed by atoms with E-state index in [4.69, 9.17) is 47.4 Å². The SMILES string of the molecule is CCCCC(CC)COC(=O)CCCCCOC(=O)CCCCCOC(=O)CCCCCOC(=O)CCCCCOC(=O)CCCCCOC(=O)CCCCCOC(=O)CCCCCOC(=O)CCCCCOC(=O)CCCCCOC(=O)C(C)(C)CC. The number of ether oxygens (including phenoxy) is 10. The van der Waals surface area contributed by atoms with Gasteiger partial charge in [0.1, 0.15) is 0 Å². The summed E-state index contributed by atoms with van der Waals surface area (Å²) in [6.45, 7) is 13.3. The Morgan fingerprint density at radius 1 is 0.261 bits per heavy atom. The van der Waals surface area contributed by atoms with Crippen molar-refractivity contribution in [3.05, 3.63) is 0 Å². The summed E-state index contributed by atoms with van der Waals surface area (Å²) in [7, 11) is 0. The molecule has 0 aliphatic heterocycles. The van der Waals surface area contributed by atoms with Gasteiger partial charge in [0.25, 0.3) is 0 Å². The lowest BCUT2D eigenvalue weighted by Gasteiger charge is -2.20. The van der Waals surface area contributed by atoms with Gasteiger partial charge in [0, 0.05) is 57.8 Å². The van der Waals surface area contributed by atoms with Crippen LogP contribution >= 0.6 is 0 Å². The Balaban J connectivity index is 3.54. The second-order valence-electron chi connectivity index (χ2n) is 23.5. The van der Waals surface area contributed by atoms with E-state index in [0.717, 1.165) is 89.9 Å². The molecule has 20 nitrogen and oxygen atoms in total. The molecule has 0 amide bonds. The van der Waals surface area contributed by atoms with Crippen LogP contribution in [0.3, 0.4) is 0 Å². The van der Waals surface area contributed by atoms with Crippen LogP contribution in [0.25, 0.3) is 0 Å². The lowest BCUT2D eigenvalue weighted by molar-refractivity contribution is -0.154. The molecule has 0 fully saturated rings. The van der Waals surface area contributed by atoms with Crippen LogP contribution in [-0.4, -0.2) is 126 Å².